The molecule has 0 saturated carbocycles. The number of rotatable bonds is 5. The molecule has 7 heteroatoms. The van der Waals surface area contributed by atoms with E-state index in [9.17, 15) is 0 Å². The van der Waals surface area contributed by atoms with Crippen molar-refractivity contribution in [3.05, 3.63) is 53.2 Å². The molecule has 0 bridgehead atoms. The van der Waals surface area contributed by atoms with Gasteiger partial charge in [0.15, 0.2) is 5.11 Å². The average Bonchev–Trinajstić information content (AvgIpc) is 3.25. The molecule has 2 N–H and O–H groups in total. The molecule has 0 fully saturated rings. The molecule has 0 aliphatic carbocycles. The van der Waals surface area contributed by atoms with Gasteiger partial charge in [0.25, 0.3) is 0 Å². The maximum atomic E-state index is 5.27. The molecule has 1 aromatic carbocycles. The van der Waals surface area contributed by atoms with Crippen LogP contribution in [-0.4, -0.2) is 15.3 Å². The van der Waals surface area contributed by atoms with Crippen LogP contribution in [0, 0.1) is 0 Å². The first kappa shape index (κ1) is 15.6. The molecule has 0 saturated heterocycles. The second-order valence-corrected chi connectivity index (χ2v) is 6.20. The molecule has 0 radical (unpaired) electrons. The quantitative estimate of drug-likeness (QED) is 0.686. The first-order valence-corrected chi connectivity index (χ1v) is 8.53. The Balaban J connectivity index is 1.52. The minimum Gasteiger partial charge on any atom is -0.353 e. The van der Waals surface area contributed by atoms with E-state index < -0.39 is 0 Å². The maximum Gasteiger partial charge on any atom is 0.246 e. The van der Waals surface area contributed by atoms with Gasteiger partial charge < -0.3 is 15.2 Å². The highest BCUT2D eigenvalue weighted by atomic mass is 32.1. The number of aromatic nitrogens is 2. The van der Waals surface area contributed by atoms with Crippen LogP contribution in [0.2, 0.25) is 0 Å². The molecule has 0 unspecified atom stereocenters. The summed E-state index contributed by atoms with van der Waals surface area (Å²) >= 11 is 6.85. The summed E-state index contributed by atoms with van der Waals surface area (Å²) in [6.07, 6.45) is 1.02. The zero-order valence-corrected chi connectivity index (χ0v) is 14.2. The molecular formula is C16H16N4OS2. The van der Waals surface area contributed by atoms with Crippen molar-refractivity contribution in [3.8, 4) is 10.7 Å². The molecule has 2 heterocycles. The average molecular weight is 344 g/mol. The number of hydrogen-bond acceptors (Lipinski definition) is 5. The highest BCUT2D eigenvalue weighted by Crippen LogP contribution is 2.21. The second kappa shape index (κ2) is 7.34. The molecule has 0 atom stereocenters. The van der Waals surface area contributed by atoms with E-state index in [2.05, 4.69) is 39.8 Å². The Morgan fingerprint density at radius 2 is 2.09 bits per heavy atom. The van der Waals surface area contributed by atoms with Gasteiger partial charge in [-0.1, -0.05) is 30.3 Å². The highest BCUT2D eigenvalue weighted by Gasteiger charge is 2.09. The topological polar surface area (TPSA) is 63.0 Å². The van der Waals surface area contributed by atoms with Gasteiger partial charge in [0.2, 0.25) is 11.7 Å². The summed E-state index contributed by atoms with van der Waals surface area (Å²) < 4.78 is 5.21. The molecule has 118 valence electrons. The van der Waals surface area contributed by atoms with E-state index in [1.54, 1.807) is 11.3 Å². The molecule has 3 aromatic rings. The minimum atomic E-state index is 0.386. The van der Waals surface area contributed by atoms with Crippen LogP contribution in [0.4, 0.5) is 5.69 Å². The van der Waals surface area contributed by atoms with E-state index in [-0.39, 0.29) is 0 Å². The van der Waals surface area contributed by atoms with Gasteiger partial charge in [-0.3, -0.25) is 0 Å². The monoisotopic (exact) mass is 344 g/mol. The second-order valence-electron chi connectivity index (χ2n) is 4.85. The lowest BCUT2D eigenvalue weighted by Crippen LogP contribution is -2.28. The van der Waals surface area contributed by atoms with Gasteiger partial charge in [-0.05, 0) is 47.8 Å². The third-order valence-electron chi connectivity index (χ3n) is 3.23. The van der Waals surface area contributed by atoms with Gasteiger partial charge in [-0.15, -0.1) is 11.3 Å². The number of anilines is 1. The number of hydrogen-bond donors (Lipinski definition) is 2. The van der Waals surface area contributed by atoms with Crippen LogP contribution >= 0.6 is 23.6 Å². The molecule has 2 aromatic heterocycles. The summed E-state index contributed by atoms with van der Waals surface area (Å²) in [5, 5.41) is 12.7. The van der Waals surface area contributed by atoms with Crippen molar-refractivity contribution < 1.29 is 4.52 Å². The van der Waals surface area contributed by atoms with E-state index in [0.29, 0.717) is 23.4 Å². The van der Waals surface area contributed by atoms with Crippen molar-refractivity contribution in [3.63, 3.8) is 0 Å². The van der Waals surface area contributed by atoms with Crippen molar-refractivity contribution in [2.24, 2.45) is 0 Å². The minimum absolute atomic E-state index is 0.386. The van der Waals surface area contributed by atoms with Crippen LogP contribution in [0.3, 0.4) is 0 Å². The van der Waals surface area contributed by atoms with E-state index in [1.807, 2.05) is 29.6 Å². The standard InChI is InChI=1S/C16H16N4OS2/c1-2-11-5-7-12(8-6-11)18-16(22)17-10-14-19-15(20-21-14)13-4-3-9-23-13/h3-9H,2,10H2,1H3,(H2,17,18,22). The normalized spacial score (nSPS) is 10.5. The van der Waals surface area contributed by atoms with Crippen molar-refractivity contribution in [2.75, 3.05) is 5.32 Å². The fourth-order valence-corrected chi connectivity index (χ4v) is 2.83. The molecule has 0 spiro atoms. The number of nitrogens with one attached hydrogen (secondary N) is 2. The summed E-state index contributed by atoms with van der Waals surface area (Å²) in [6, 6.07) is 12.1. The maximum absolute atomic E-state index is 5.27. The van der Waals surface area contributed by atoms with Crippen molar-refractivity contribution in [2.45, 2.75) is 19.9 Å². The van der Waals surface area contributed by atoms with Crippen LogP contribution in [0.25, 0.3) is 10.7 Å². The Bertz CT molecular complexity index is 766. The predicted octanol–water partition coefficient (Wildman–Crippen LogP) is 3.85. The summed E-state index contributed by atoms with van der Waals surface area (Å²) in [7, 11) is 0. The third kappa shape index (κ3) is 4.14. The lowest BCUT2D eigenvalue weighted by atomic mass is 10.1. The Kier molecular flexibility index (Phi) is 4.99. The molecule has 0 aliphatic rings. The molecule has 3 rings (SSSR count). The van der Waals surface area contributed by atoms with Crippen LogP contribution < -0.4 is 10.6 Å². The van der Waals surface area contributed by atoms with Gasteiger partial charge >= 0.3 is 0 Å². The van der Waals surface area contributed by atoms with Crippen molar-refractivity contribution in [1.29, 1.82) is 0 Å². The Labute approximate surface area is 143 Å². The van der Waals surface area contributed by atoms with Gasteiger partial charge in [0.1, 0.15) is 0 Å². The lowest BCUT2D eigenvalue weighted by molar-refractivity contribution is 0.376. The first-order valence-electron chi connectivity index (χ1n) is 7.25. The van der Waals surface area contributed by atoms with Crippen LogP contribution in [0.15, 0.2) is 46.3 Å². The van der Waals surface area contributed by atoms with Gasteiger partial charge in [0.05, 0.1) is 11.4 Å². The summed E-state index contributed by atoms with van der Waals surface area (Å²) in [4.78, 5) is 5.32. The van der Waals surface area contributed by atoms with Gasteiger partial charge in [-0.25, -0.2) is 0 Å². The Hall–Kier alpha value is -2.25. The van der Waals surface area contributed by atoms with E-state index >= 15 is 0 Å². The first-order chi connectivity index (χ1) is 11.2. The number of nitrogens with zero attached hydrogens (tertiary/aromatic N) is 2. The van der Waals surface area contributed by atoms with Crippen LogP contribution in [0.1, 0.15) is 18.4 Å². The summed E-state index contributed by atoms with van der Waals surface area (Å²) in [6.45, 7) is 2.51. The zero-order valence-electron chi connectivity index (χ0n) is 12.6. The highest BCUT2D eigenvalue weighted by molar-refractivity contribution is 7.80. The lowest BCUT2D eigenvalue weighted by Gasteiger charge is -2.09. The number of aryl methyl sites for hydroxylation is 1. The zero-order chi connectivity index (χ0) is 16.1. The predicted molar refractivity (Wildman–Crippen MR) is 96.5 cm³/mol. The Morgan fingerprint density at radius 3 is 2.78 bits per heavy atom. The molecule has 23 heavy (non-hydrogen) atoms. The number of thiocarbonyl (C=S) groups is 1. The molecular weight excluding hydrogens is 328 g/mol. The van der Waals surface area contributed by atoms with Crippen LogP contribution in [-0.2, 0) is 13.0 Å². The largest absolute Gasteiger partial charge is 0.353 e. The van der Waals surface area contributed by atoms with E-state index in [4.69, 9.17) is 16.7 Å². The van der Waals surface area contributed by atoms with E-state index in [0.717, 1.165) is 17.0 Å². The molecule has 0 amide bonds. The van der Waals surface area contributed by atoms with Gasteiger partial charge in [0, 0.05) is 5.69 Å². The summed E-state index contributed by atoms with van der Waals surface area (Å²) in [5.74, 6) is 1.10. The third-order valence-corrected chi connectivity index (χ3v) is 4.34. The van der Waals surface area contributed by atoms with Crippen LogP contribution in [0.5, 0.6) is 0 Å². The smallest absolute Gasteiger partial charge is 0.246 e. The number of thiophene rings is 1. The van der Waals surface area contributed by atoms with Crippen molar-refractivity contribution in [1.82, 2.24) is 15.5 Å². The fourth-order valence-electron chi connectivity index (χ4n) is 1.99. The fraction of sp³-hybridized carbons (Fsp3) is 0.188. The Morgan fingerprint density at radius 1 is 1.26 bits per heavy atom. The van der Waals surface area contributed by atoms with E-state index in [1.165, 1.54) is 5.56 Å². The number of benzene rings is 1. The molecule has 5 nitrogen and oxygen atoms in total. The SMILES string of the molecule is CCc1ccc(NC(=S)NCc2nc(-c3cccs3)no2)cc1. The molecule has 0 aliphatic heterocycles. The van der Waals surface area contributed by atoms with Crippen molar-refractivity contribution >= 4 is 34.4 Å². The van der Waals surface area contributed by atoms with Gasteiger partial charge in [-0.2, -0.15) is 4.98 Å². The summed E-state index contributed by atoms with van der Waals surface area (Å²) in [5.41, 5.74) is 2.24.